The van der Waals surface area contributed by atoms with E-state index in [9.17, 15) is 0 Å². The summed E-state index contributed by atoms with van der Waals surface area (Å²) < 4.78 is 2.08. The number of thiazole rings is 1. The van der Waals surface area contributed by atoms with Gasteiger partial charge in [-0.15, -0.1) is 11.3 Å². The number of hydrogen-bond donors (Lipinski definition) is 1. The molecule has 0 aliphatic carbocycles. The fourth-order valence-corrected chi connectivity index (χ4v) is 2.85. The standard InChI is InChI=1S/C9H12.C7H5NS2/c1-8(2)9-6-4-3-5-7-9;9-7-8-5-3-1-2-4-6(5)10-7/h3-8H,1-2H3;1-4H,(H,8,9). The van der Waals surface area contributed by atoms with E-state index in [1.165, 1.54) is 10.3 Å². The average molecular weight is 287 g/mol. The number of hydrogen-bond acceptors (Lipinski definition) is 2. The number of aromatic nitrogens is 1. The van der Waals surface area contributed by atoms with E-state index in [1.54, 1.807) is 11.3 Å². The highest BCUT2D eigenvalue weighted by Gasteiger charge is 1.93. The quantitative estimate of drug-likeness (QED) is 0.562. The Morgan fingerprint density at radius 2 is 1.58 bits per heavy atom. The van der Waals surface area contributed by atoms with Gasteiger partial charge in [-0.05, 0) is 35.8 Å². The maximum absolute atomic E-state index is 4.98. The van der Waals surface area contributed by atoms with E-state index in [4.69, 9.17) is 12.2 Å². The molecule has 1 N–H and O–H groups in total. The first-order chi connectivity index (χ1) is 9.16. The molecule has 3 rings (SSSR count). The number of nitrogens with one attached hydrogen (secondary N) is 1. The molecule has 0 aliphatic heterocycles. The molecule has 1 heterocycles. The summed E-state index contributed by atoms with van der Waals surface area (Å²) >= 11 is 6.59. The highest BCUT2D eigenvalue weighted by atomic mass is 32.1. The van der Waals surface area contributed by atoms with E-state index in [0.717, 1.165) is 9.47 Å². The molecule has 0 aliphatic rings. The summed E-state index contributed by atoms with van der Waals surface area (Å²) in [5.41, 5.74) is 2.55. The lowest BCUT2D eigenvalue weighted by Crippen LogP contribution is -1.83. The molecular weight excluding hydrogens is 270 g/mol. The SMILES string of the molecule is CC(C)c1ccccc1.S=c1[nH]c2ccccc2s1. The van der Waals surface area contributed by atoms with Crippen molar-refractivity contribution in [2.24, 2.45) is 0 Å². The lowest BCUT2D eigenvalue weighted by Gasteiger charge is -2.01. The van der Waals surface area contributed by atoms with Crippen molar-refractivity contribution in [3.63, 3.8) is 0 Å². The van der Waals surface area contributed by atoms with Crippen LogP contribution in [0.5, 0.6) is 0 Å². The second-order valence-corrected chi connectivity index (χ2v) is 6.29. The Morgan fingerprint density at radius 3 is 2.16 bits per heavy atom. The molecule has 19 heavy (non-hydrogen) atoms. The van der Waals surface area contributed by atoms with E-state index < -0.39 is 0 Å². The Kier molecular flexibility index (Phi) is 4.88. The molecule has 0 amide bonds. The predicted molar refractivity (Wildman–Crippen MR) is 87.5 cm³/mol. The predicted octanol–water partition coefficient (Wildman–Crippen LogP) is 5.77. The molecule has 0 atom stereocenters. The summed E-state index contributed by atoms with van der Waals surface area (Å²) in [6.07, 6.45) is 0. The third kappa shape index (κ3) is 4.01. The number of aromatic amines is 1. The molecule has 0 bridgehead atoms. The lowest BCUT2D eigenvalue weighted by molar-refractivity contribution is 0.867. The van der Waals surface area contributed by atoms with Crippen molar-refractivity contribution >= 4 is 33.8 Å². The van der Waals surface area contributed by atoms with Crippen LogP contribution in [0.2, 0.25) is 0 Å². The van der Waals surface area contributed by atoms with Crippen LogP contribution in [0.3, 0.4) is 0 Å². The van der Waals surface area contributed by atoms with Crippen LogP contribution in [-0.4, -0.2) is 4.98 Å². The molecule has 0 unspecified atom stereocenters. The maximum Gasteiger partial charge on any atom is 0.159 e. The Labute approximate surface area is 122 Å². The highest BCUT2D eigenvalue weighted by Crippen LogP contribution is 2.17. The van der Waals surface area contributed by atoms with E-state index in [2.05, 4.69) is 49.2 Å². The van der Waals surface area contributed by atoms with E-state index in [0.29, 0.717) is 5.92 Å². The molecule has 0 saturated heterocycles. The number of para-hydroxylation sites is 1. The van der Waals surface area contributed by atoms with Crippen LogP contribution in [0.15, 0.2) is 54.6 Å². The maximum atomic E-state index is 4.98. The van der Waals surface area contributed by atoms with Gasteiger partial charge in [-0.25, -0.2) is 0 Å². The fourth-order valence-electron chi connectivity index (χ4n) is 1.73. The molecule has 0 fully saturated rings. The van der Waals surface area contributed by atoms with Crippen LogP contribution in [0.1, 0.15) is 25.3 Å². The number of H-pyrrole nitrogens is 1. The summed E-state index contributed by atoms with van der Waals surface area (Å²) in [6.45, 7) is 4.41. The summed E-state index contributed by atoms with van der Waals surface area (Å²) in [5, 5.41) is 0. The van der Waals surface area contributed by atoms with Crippen molar-refractivity contribution in [1.29, 1.82) is 0 Å². The van der Waals surface area contributed by atoms with Crippen LogP contribution < -0.4 is 0 Å². The zero-order valence-corrected chi connectivity index (χ0v) is 12.7. The summed E-state index contributed by atoms with van der Waals surface area (Å²) in [7, 11) is 0. The third-order valence-corrected chi connectivity index (χ3v) is 4.01. The minimum absolute atomic E-state index is 0.659. The average Bonchev–Trinajstić information content (AvgIpc) is 2.80. The summed E-state index contributed by atoms with van der Waals surface area (Å²) in [5.74, 6) is 0.659. The molecule has 3 heteroatoms. The smallest absolute Gasteiger partial charge is 0.159 e. The fraction of sp³-hybridized carbons (Fsp3) is 0.188. The van der Waals surface area contributed by atoms with Crippen molar-refractivity contribution < 1.29 is 0 Å². The summed E-state index contributed by atoms with van der Waals surface area (Å²) in [4.78, 5) is 3.09. The molecule has 3 aromatic rings. The monoisotopic (exact) mass is 287 g/mol. The Hall–Kier alpha value is -1.45. The van der Waals surface area contributed by atoms with Gasteiger partial charge in [-0.2, -0.15) is 0 Å². The van der Waals surface area contributed by atoms with Gasteiger partial charge in [0.05, 0.1) is 10.2 Å². The van der Waals surface area contributed by atoms with Gasteiger partial charge in [0.15, 0.2) is 3.95 Å². The van der Waals surface area contributed by atoms with Crippen molar-refractivity contribution in [3.05, 3.63) is 64.1 Å². The second kappa shape index (κ2) is 6.64. The first kappa shape index (κ1) is 14.0. The first-order valence-electron chi connectivity index (χ1n) is 6.29. The Balaban J connectivity index is 0.000000141. The Morgan fingerprint density at radius 1 is 0.947 bits per heavy atom. The van der Waals surface area contributed by atoms with Gasteiger partial charge >= 0.3 is 0 Å². The third-order valence-electron chi connectivity index (χ3n) is 2.79. The van der Waals surface area contributed by atoms with Crippen molar-refractivity contribution in [1.82, 2.24) is 4.98 Å². The largest absolute Gasteiger partial charge is 0.337 e. The van der Waals surface area contributed by atoms with Gasteiger partial charge < -0.3 is 4.98 Å². The Bertz CT molecular complexity index is 644. The molecule has 2 aromatic carbocycles. The van der Waals surface area contributed by atoms with Crippen molar-refractivity contribution in [2.75, 3.05) is 0 Å². The van der Waals surface area contributed by atoms with Gasteiger partial charge in [-0.3, -0.25) is 0 Å². The zero-order chi connectivity index (χ0) is 13.7. The van der Waals surface area contributed by atoms with Gasteiger partial charge in [-0.1, -0.05) is 56.3 Å². The van der Waals surface area contributed by atoms with Crippen molar-refractivity contribution in [2.45, 2.75) is 19.8 Å². The molecule has 0 spiro atoms. The molecule has 0 saturated carbocycles. The molecule has 0 radical (unpaired) electrons. The molecule has 98 valence electrons. The van der Waals surface area contributed by atoms with Crippen LogP contribution in [0.4, 0.5) is 0 Å². The van der Waals surface area contributed by atoms with E-state index in [-0.39, 0.29) is 0 Å². The van der Waals surface area contributed by atoms with Gasteiger partial charge in [0, 0.05) is 0 Å². The van der Waals surface area contributed by atoms with Crippen LogP contribution >= 0.6 is 23.6 Å². The number of benzene rings is 2. The number of rotatable bonds is 1. The minimum Gasteiger partial charge on any atom is -0.337 e. The minimum atomic E-state index is 0.659. The van der Waals surface area contributed by atoms with Gasteiger partial charge in [0.25, 0.3) is 0 Å². The molecular formula is C16H17NS2. The highest BCUT2D eigenvalue weighted by molar-refractivity contribution is 7.73. The summed E-state index contributed by atoms with van der Waals surface area (Å²) in [6, 6.07) is 18.6. The second-order valence-electron chi connectivity index (χ2n) is 4.58. The van der Waals surface area contributed by atoms with Crippen molar-refractivity contribution in [3.8, 4) is 0 Å². The van der Waals surface area contributed by atoms with Gasteiger partial charge in [0.2, 0.25) is 0 Å². The normalized spacial score (nSPS) is 10.3. The van der Waals surface area contributed by atoms with Gasteiger partial charge in [0.1, 0.15) is 0 Å². The van der Waals surface area contributed by atoms with Crippen LogP contribution in [0, 0.1) is 3.95 Å². The number of fused-ring (bicyclic) bond motifs is 1. The van der Waals surface area contributed by atoms with Crippen LogP contribution in [0.25, 0.3) is 10.2 Å². The first-order valence-corrected chi connectivity index (χ1v) is 7.52. The zero-order valence-electron chi connectivity index (χ0n) is 11.1. The van der Waals surface area contributed by atoms with E-state index in [1.807, 2.05) is 24.3 Å². The molecule has 1 nitrogen and oxygen atoms in total. The molecule has 1 aromatic heterocycles. The lowest BCUT2D eigenvalue weighted by atomic mass is 10.0. The topological polar surface area (TPSA) is 15.8 Å². The van der Waals surface area contributed by atoms with Crippen LogP contribution in [-0.2, 0) is 0 Å². The van der Waals surface area contributed by atoms with E-state index >= 15 is 0 Å².